The fourth-order valence-electron chi connectivity index (χ4n) is 2.91. The largest absolute Gasteiger partial charge is 0.497 e. The van der Waals surface area contributed by atoms with Crippen LogP contribution < -0.4 is 14.2 Å². The zero-order chi connectivity index (χ0) is 20.1. The van der Waals surface area contributed by atoms with E-state index < -0.39 is 5.97 Å². The average Bonchev–Trinajstić information content (AvgIpc) is 2.78. The number of carbonyl (C=O) groups is 1. The highest BCUT2D eigenvalue weighted by atomic mass is 16.7. The van der Waals surface area contributed by atoms with E-state index >= 15 is 0 Å². The number of rotatable bonds is 5. The van der Waals surface area contributed by atoms with E-state index in [9.17, 15) is 4.79 Å². The molecule has 0 spiro atoms. The van der Waals surface area contributed by atoms with Gasteiger partial charge >= 0.3 is 5.97 Å². The first-order valence-corrected chi connectivity index (χ1v) is 9.15. The molecule has 6 heteroatoms. The number of benzene rings is 3. The molecule has 0 fully saturated rings. The minimum absolute atomic E-state index is 0.386. The maximum atomic E-state index is 12.3. The van der Waals surface area contributed by atoms with Gasteiger partial charge in [-0.15, -0.1) is 0 Å². The molecule has 0 aliphatic carbocycles. The maximum absolute atomic E-state index is 12.3. The highest BCUT2D eigenvalue weighted by Crippen LogP contribution is 2.29. The molecular weight excluding hydrogens is 370 g/mol. The van der Waals surface area contributed by atoms with Gasteiger partial charge in [-0.3, -0.25) is 0 Å². The lowest BCUT2D eigenvalue weighted by molar-refractivity contribution is 0.0514. The molecule has 1 aliphatic rings. The molecule has 3 aromatic rings. The monoisotopic (exact) mass is 389 g/mol. The van der Waals surface area contributed by atoms with Gasteiger partial charge in [0, 0.05) is 18.1 Å². The number of hydrogen-bond donors (Lipinski definition) is 0. The Labute approximate surface area is 168 Å². The molecule has 0 saturated heterocycles. The van der Waals surface area contributed by atoms with Gasteiger partial charge in [0.25, 0.3) is 0 Å². The number of hydrogen-bond acceptors (Lipinski definition) is 6. The van der Waals surface area contributed by atoms with Crippen molar-refractivity contribution >= 4 is 11.7 Å². The van der Waals surface area contributed by atoms with Crippen molar-refractivity contribution in [3.05, 3.63) is 83.9 Å². The van der Waals surface area contributed by atoms with E-state index in [-0.39, 0.29) is 0 Å². The zero-order valence-electron chi connectivity index (χ0n) is 15.8. The summed E-state index contributed by atoms with van der Waals surface area (Å²) in [5.41, 5.74) is 1.83. The summed E-state index contributed by atoms with van der Waals surface area (Å²) in [5.74, 6) is 2.17. The molecule has 0 bridgehead atoms. The topological polar surface area (TPSA) is 66.3 Å². The Morgan fingerprint density at radius 1 is 0.931 bits per heavy atom. The Morgan fingerprint density at radius 2 is 1.66 bits per heavy atom. The quantitative estimate of drug-likeness (QED) is 0.462. The summed E-state index contributed by atoms with van der Waals surface area (Å²) in [5, 5.41) is 4.06. The predicted octanol–water partition coefficient (Wildman–Crippen LogP) is 4.83. The molecular formula is C23H19NO5. The van der Waals surface area contributed by atoms with Gasteiger partial charge in [-0.25, -0.2) is 4.79 Å². The van der Waals surface area contributed by atoms with Crippen LogP contribution in [0.1, 0.15) is 22.3 Å². The summed E-state index contributed by atoms with van der Waals surface area (Å²) in [6.45, 7) is 0.460. The molecule has 0 unspecified atom stereocenters. The van der Waals surface area contributed by atoms with Crippen LogP contribution in [-0.4, -0.2) is 25.4 Å². The van der Waals surface area contributed by atoms with Crippen LogP contribution in [0.2, 0.25) is 0 Å². The Bertz CT molecular complexity index is 1030. The first-order chi connectivity index (χ1) is 14.2. The minimum Gasteiger partial charge on any atom is -0.497 e. The highest BCUT2D eigenvalue weighted by Gasteiger charge is 2.19. The van der Waals surface area contributed by atoms with E-state index in [4.69, 9.17) is 19.0 Å². The van der Waals surface area contributed by atoms with Crippen molar-refractivity contribution in [2.24, 2.45) is 5.16 Å². The van der Waals surface area contributed by atoms with Crippen LogP contribution in [-0.2, 0) is 4.84 Å². The lowest BCUT2D eigenvalue weighted by Crippen LogP contribution is -2.17. The first kappa shape index (κ1) is 18.6. The van der Waals surface area contributed by atoms with Gasteiger partial charge in [-0.05, 0) is 48.5 Å². The van der Waals surface area contributed by atoms with Crippen LogP contribution >= 0.6 is 0 Å². The van der Waals surface area contributed by atoms with Crippen LogP contribution in [0.15, 0.2) is 78.0 Å². The molecule has 4 rings (SSSR count). The van der Waals surface area contributed by atoms with Crippen molar-refractivity contribution in [2.45, 2.75) is 6.42 Å². The van der Waals surface area contributed by atoms with E-state index in [0.29, 0.717) is 41.6 Å². The summed E-state index contributed by atoms with van der Waals surface area (Å²) >= 11 is 0. The molecule has 6 nitrogen and oxygen atoms in total. The smallest absolute Gasteiger partial charge is 0.365 e. The molecule has 1 heterocycles. The summed E-state index contributed by atoms with van der Waals surface area (Å²) in [4.78, 5) is 17.5. The zero-order valence-corrected chi connectivity index (χ0v) is 15.8. The second-order valence-electron chi connectivity index (χ2n) is 6.32. The van der Waals surface area contributed by atoms with Gasteiger partial charge in [0.15, 0.2) is 0 Å². The van der Waals surface area contributed by atoms with Crippen molar-refractivity contribution in [2.75, 3.05) is 13.7 Å². The molecule has 0 N–H and O–H groups in total. The number of carbonyl (C=O) groups excluding carboxylic acids is 1. The van der Waals surface area contributed by atoms with Gasteiger partial charge in [0.1, 0.15) is 23.0 Å². The van der Waals surface area contributed by atoms with Crippen LogP contribution in [0.3, 0.4) is 0 Å². The van der Waals surface area contributed by atoms with Crippen LogP contribution in [0, 0.1) is 0 Å². The number of ether oxygens (including phenoxy) is 3. The molecule has 3 aromatic carbocycles. The second-order valence-corrected chi connectivity index (χ2v) is 6.32. The van der Waals surface area contributed by atoms with Crippen molar-refractivity contribution in [3.8, 4) is 23.0 Å². The standard InChI is InChI=1S/C23H19NO5/c1-26-19-11-12-20-21(13-14-27-22(20)15-19)24-29-23(25)16-7-9-18(10-8-16)28-17-5-3-2-4-6-17/h2-12,15H,13-14H2,1H3/b24-21+. The van der Waals surface area contributed by atoms with Crippen molar-refractivity contribution in [1.29, 1.82) is 0 Å². The molecule has 0 saturated carbocycles. The number of fused-ring (bicyclic) bond motifs is 1. The van der Waals surface area contributed by atoms with Gasteiger partial charge in [-0.1, -0.05) is 23.4 Å². The van der Waals surface area contributed by atoms with E-state index in [1.54, 1.807) is 37.4 Å². The lowest BCUT2D eigenvalue weighted by atomic mass is 10.0. The molecule has 0 radical (unpaired) electrons. The SMILES string of the molecule is COc1ccc2c(c1)OCC/C2=N\OC(=O)c1ccc(Oc2ccccc2)cc1. The van der Waals surface area contributed by atoms with E-state index in [0.717, 1.165) is 11.3 Å². The summed E-state index contributed by atoms with van der Waals surface area (Å²) in [7, 11) is 1.59. The van der Waals surface area contributed by atoms with E-state index in [1.807, 2.05) is 42.5 Å². The summed E-state index contributed by atoms with van der Waals surface area (Å²) in [6.07, 6.45) is 0.552. The van der Waals surface area contributed by atoms with Crippen LogP contribution in [0.5, 0.6) is 23.0 Å². The van der Waals surface area contributed by atoms with Crippen LogP contribution in [0.25, 0.3) is 0 Å². The maximum Gasteiger partial charge on any atom is 0.365 e. The van der Waals surface area contributed by atoms with E-state index in [2.05, 4.69) is 5.16 Å². The van der Waals surface area contributed by atoms with Gasteiger partial charge in [0.2, 0.25) is 0 Å². The fourth-order valence-corrected chi connectivity index (χ4v) is 2.91. The van der Waals surface area contributed by atoms with Crippen molar-refractivity contribution < 1.29 is 23.8 Å². The number of nitrogens with zero attached hydrogens (tertiary/aromatic N) is 1. The van der Waals surface area contributed by atoms with Gasteiger partial charge in [-0.2, -0.15) is 0 Å². The Kier molecular flexibility index (Phi) is 5.42. The van der Waals surface area contributed by atoms with E-state index in [1.165, 1.54) is 0 Å². The highest BCUT2D eigenvalue weighted by molar-refractivity contribution is 6.04. The second kappa shape index (κ2) is 8.48. The fraction of sp³-hybridized carbons (Fsp3) is 0.130. The first-order valence-electron chi connectivity index (χ1n) is 9.15. The Hall–Kier alpha value is -3.80. The Balaban J connectivity index is 1.44. The predicted molar refractivity (Wildman–Crippen MR) is 108 cm³/mol. The minimum atomic E-state index is -0.537. The summed E-state index contributed by atoms with van der Waals surface area (Å²) < 4.78 is 16.6. The normalized spacial score (nSPS) is 13.9. The number of methoxy groups -OCH3 is 1. The third-order valence-electron chi connectivity index (χ3n) is 4.40. The van der Waals surface area contributed by atoms with Crippen molar-refractivity contribution in [3.63, 3.8) is 0 Å². The molecule has 0 amide bonds. The van der Waals surface area contributed by atoms with Gasteiger partial charge in [0.05, 0.1) is 25.0 Å². The van der Waals surface area contributed by atoms with Crippen molar-refractivity contribution in [1.82, 2.24) is 0 Å². The van der Waals surface area contributed by atoms with Gasteiger partial charge < -0.3 is 19.0 Å². The average molecular weight is 389 g/mol. The molecule has 29 heavy (non-hydrogen) atoms. The molecule has 0 aromatic heterocycles. The molecule has 0 atom stereocenters. The number of para-hydroxylation sites is 1. The summed E-state index contributed by atoms with van der Waals surface area (Å²) in [6, 6.07) is 21.6. The third kappa shape index (κ3) is 4.38. The molecule has 1 aliphatic heterocycles. The molecule has 146 valence electrons. The van der Waals surface area contributed by atoms with Crippen LogP contribution in [0.4, 0.5) is 0 Å². The Morgan fingerprint density at radius 3 is 2.41 bits per heavy atom. The number of oxime groups is 1. The lowest BCUT2D eigenvalue weighted by Gasteiger charge is -2.19. The third-order valence-corrected chi connectivity index (χ3v) is 4.40.